The minimum Gasteiger partial charge on any atom is -0.490 e. The molecule has 12 heavy (non-hydrogen) atoms. The number of hydrogen-bond acceptors (Lipinski definition) is 3. The number of nitrogens with one attached hydrogen (secondary N) is 1. The van der Waals surface area contributed by atoms with Crippen LogP contribution in [0.15, 0.2) is 11.8 Å². The molecule has 0 bridgehead atoms. The second-order valence-corrected chi connectivity index (χ2v) is 2.76. The predicted molar refractivity (Wildman–Crippen MR) is 46.8 cm³/mol. The van der Waals surface area contributed by atoms with Crippen LogP contribution >= 0.6 is 0 Å². The molecule has 0 aromatic rings. The van der Waals surface area contributed by atoms with Crippen LogP contribution in [0.25, 0.3) is 0 Å². The number of likely N-dealkylation sites (N-methyl/N-ethyl adjacent to an activating group) is 1. The van der Waals surface area contributed by atoms with Crippen LogP contribution in [0.3, 0.4) is 0 Å². The molecule has 0 amide bonds. The molecule has 68 valence electrons. The molecule has 1 rings (SSSR count). The topological polar surface area (TPSA) is 38.3 Å². The summed E-state index contributed by atoms with van der Waals surface area (Å²) >= 11 is 0. The lowest BCUT2D eigenvalue weighted by molar-refractivity contribution is -0.118. The molecule has 1 aliphatic rings. The zero-order valence-corrected chi connectivity index (χ0v) is 7.43. The van der Waals surface area contributed by atoms with Gasteiger partial charge >= 0.3 is 0 Å². The largest absolute Gasteiger partial charge is 0.490 e. The van der Waals surface area contributed by atoms with Gasteiger partial charge in [0.25, 0.3) is 0 Å². The molecule has 0 saturated carbocycles. The van der Waals surface area contributed by atoms with Crippen molar-refractivity contribution in [3.63, 3.8) is 0 Å². The Labute approximate surface area is 72.8 Å². The van der Waals surface area contributed by atoms with Crippen LogP contribution in [0.5, 0.6) is 0 Å². The molecule has 0 spiro atoms. The first kappa shape index (κ1) is 9.26. The van der Waals surface area contributed by atoms with E-state index in [4.69, 9.17) is 4.74 Å². The molecule has 0 fully saturated rings. The Balaban J connectivity index is 2.35. The van der Waals surface area contributed by atoms with Crippen molar-refractivity contribution in [1.29, 1.82) is 0 Å². The maximum absolute atomic E-state index is 11.3. The van der Waals surface area contributed by atoms with Crippen molar-refractivity contribution in [2.45, 2.75) is 19.8 Å². The Hall–Kier alpha value is -0.830. The van der Waals surface area contributed by atoms with E-state index in [1.165, 1.54) is 0 Å². The van der Waals surface area contributed by atoms with Gasteiger partial charge in [0.1, 0.15) is 0 Å². The van der Waals surface area contributed by atoms with E-state index >= 15 is 0 Å². The normalized spacial score (nSPS) is 16.6. The van der Waals surface area contributed by atoms with Gasteiger partial charge in [-0.1, -0.05) is 6.92 Å². The van der Waals surface area contributed by atoms with E-state index in [-0.39, 0.29) is 5.78 Å². The molecule has 0 unspecified atom stereocenters. The summed E-state index contributed by atoms with van der Waals surface area (Å²) in [6.45, 7) is 3.87. The Morgan fingerprint density at radius 2 is 2.58 bits per heavy atom. The molecule has 1 aliphatic heterocycles. The van der Waals surface area contributed by atoms with Gasteiger partial charge in [-0.25, -0.2) is 0 Å². The van der Waals surface area contributed by atoms with Crippen molar-refractivity contribution in [3.8, 4) is 0 Å². The van der Waals surface area contributed by atoms with Crippen molar-refractivity contribution in [3.05, 3.63) is 11.8 Å². The van der Waals surface area contributed by atoms with E-state index in [9.17, 15) is 4.79 Å². The zero-order chi connectivity index (χ0) is 8.81. The Bertz CT molecular complexity index is 187. The van der Waals surface area contributed by atoms with E-state index in [0.717, 1.165) is 19.4 Å². The van der Waals surface area contributed by atoms with Gasteiger partial charge in [-0.05, 0) is 25.5 Å². The van der Waals surface area contributed by atoms with Gasteiger partial charge in [-0.2, -0.15) is 0 Å². The minimum atomic E-state index is 0.0663. The molecule has 0 radical (unpaired) electrons. The lowest BCUT2D eigenvalue weighted by Gasteiger charge is -2.13. The summed E-state index contributed by atoms with van der Waals surface area (Å²) in [4.78, 5) is 11.3. The summed E-state index contributed by atoms with van der Waals surface area (Å²) in [7, 11) is 0. The second-order valence-electron chi connectivity index (χ2n) is 2.76. The van der Waals surface area contributed by atoms with Gasteiger partial charge in [0, 0.05) is 0 Å². The number of allylic oxidation sites excluding steroid dienone is 1. The number of hydrogen-bond donors (Lipinski definition) is 1. The van der Waals surface area contributed by atoms with Gasteiger partial charge in [0.15, 0.2) is 5.76 Å². The molecule has 3 heteroatoms. The van der Waals surface area contributed by atoms with Crippen LogP contribution in [-0.4, -0.2) is 25.5 Å². The molecule has 0 saturated heterocycles. The fourth-order valence-corrected chi connectivity index (χ4v) is 1.08. The van der Waals surface area contributed by atoms with Gasteiger partial charge in [-0.15, -0.1) is 0 Å². The average molecular weight is 169 g/mol. The highest BCUT2D eigenvalue weighted by Gasteiger charge is 2.12. The van der Waals surface area contributed by atoms with Crippen molar-refractivity contribution in [2.75, 3.05) is 19.7 Å². The van der Waals surface area contributed by atoms with Crippen LogP contribution in [0, 0.1) is 0 Å². The number of carbonyl (C=O) groups excluding carboxylic acids is 1. The Kier molecular flexibility index (Phi) is 3.80. The second kappa shape index (κ2) is 4.93. The third-order valence-electron chi connectivity index (χ3n) is 1.75. The fourth-order valence-electron chi connectivity index (χ4n) is 1.08. The highest BCUT2D eigenvalue weighted by atomic mass is 16.5. The van der Waals surface area contributed by atoms with Crippen molar-refractivity contribution in [2.24, 2.45) is 0 Å². The molecule has 0 aliphatic carbocycles. The number of Topliss-reactive ketones (excluding diaryl/α,β-unsaturated/α-hetero) is 1. The van der Waals surface area contributed by atoms with Crippen molar-refractivity contribution < 1.29 is 9.53 Å². The smallest absolute Gasteiger partial charge is 0.210 e. The summed E-state index contributed by atoms with van der Waals surface area (Å²) in [6, 6.07) is 0. The van der Waals surface area contributed by atoms with E-state index in [2.05, 4.69) is 5.32 Å². The SMILES string of the molecule is CCNCC(=O)C1=CCCCO1. The highest BCUT2D eigenvalue weighted by molar-refractivity contribution is 5.95. The van der Waals surface area contributed by atoms with Gasteiger partial charge < -0.3 is 10.1 Å². The summed E-state index contributed by atoms with van der Waals surface area (Å²) in [6.07, 6.45) is 3.87. The fraction of sp³-hybridized carbons (Fsp3) is 0.667. The monoisotopic (exact) mass is 169 g/mol. The number of ether oxygens (including phenoxy) is 1. The molecule has 0 aromatic heterocycles. The van der Waals surface area contributed by atoms with E-state index in [1.54, 1.807) is 0 Å². The maximum atomic E-state index is 11.3. The third kappa shape index (κ3) is 2.66. The first-order valence-corrected chi connectivity index (χ1v) is 4.41. The zero-order valence-electron chi connectivity index (χ0n) is 7.43. The van der Waals surface area contributed by atoms with Crippen molar-refractivity contribution in [1.82, 2.24) is 5.32 Å². The summed E-state index contributed by atoms with van der Waals surface area (Å²) in [5.74, 6) is 0.610. The maximum Gasteiger partial charge on any atom is 0.210 e. The van der Waals surface area contributed by atoms with Gasteiger partial charge in [-0.3, -0.25) is 4.79 Å². The molecule has 0 atom stereocenters. The highest BCUT2D eigenvalue weighted by Crippen LogP contribution is 2.09. The number of carbonyl (C=O) groups is 1. The summed E-state index contributed by atoms with van der Waals surface area (Å²) < 4.78 is 5.21. The summed E-state index contributed by atoms with van der Waals surface area (Å²) in [5.41, 5.74) is 0. The predicted octanol–water partition coefficient (Wildman–Crippen LogP) is 0.859. The van der Waals surface area contributed by atoms with Crippen LogP contribution in [0.1, 0.15) is 19.8 Å². The number of rotatable bonds is 4. The Morgan fingerprint density at radius 1 is 1.75 bits per heavy atom. The quantitative estimate of drug-likeness (QED) is 0.678. The molecular weight excluding hydrogens is 154 g/mol. The average Bonchev–Trinajstić information content (AvgIpc) is 2.15. The van der Waals surface area contributed by atoms with E-state index in [0.29, 0.717) is 18.9 Å². The van der Waals surface area contributed by atoms with Gasteiger partial charge in [0.2, 0.25) is 5.78 Å². The molecular formula is C9H15NO2. The molecule has 1 N–H and O–H groups in total. The standard InChI is InChI=1S/C9H15NO2/c1-2-10-7-8(11)9-5-3-4-6-12-9/h5,10H,2-4,6-7H2,1H3. The Morgan fingerprint density at radius 3 is 3.17 bits per heavy atom. The van der Waals surface area contributed by atoms with Crippen LogP contribution in [0.4, 0.5) is 0 Å². The first-order valence-electron chi connectivity index (χ1n) is 4.41. The van der Waals surface area contributed by atoms with Crippen LogP contribution in [-0.2, 0) is 9.53 Å². The third-order valence-corrected chi connectivity index (χ3v) is 1.75. The van der Waals surface area contributed by atoms with Crippen molar-refractivity contribution >= 4 is 5.78 Å². The molecule has 3 nitrogen and oxygen atoms in total. The van der Waals surface area contributed by atoms with Gasteiger partial charge in [0.05, 0.1) is 13.2 Å². The lowest BCUT2D eigenvalue weighted by atomic mass is 10.2. The number of ketones is 1. The van der Waals surface area contributed by atoms with E-state index < -0.39 is 0 Å². The van der Waals surface area contributed by atoms with E-state index in [1.807, 2.05) is 13.0 Å². The van der Waals surface area contributed by atoms with Crippen LogP contribution < -0.4 is 5.32 Å². The first-order chi connectivity index (χ1) is 5.84. The van der Waals surface area contributed by atoms with Crippen LogP contribution in [0.2, 0.25) is 0 Å². The lowest BCUT2D eigenvalue weighted by Crippen LogP contribution is -2.25. The molecule has 1 heterocycles. The minimum absolute atomic E-state index is 0.0663. The summed E-state index contributed by atoms with van der Waals surface area (Å²) in [5, 5.41) is 2.97. The molecule has 0 aromatic carbocycles.